The summed E-state index contributed by atoms with van der Waals surface area (Å²) in [5, 5.41) is 3.50. The molecule has 0 aliphatic heterocycles. The maximum absolute atomic E-state index is 5.82. The standard InChI is InChI=1S/C14H16ClN3O/c1-10-6-13(18-14(15)17-10)16-8-11-4-3-5-12(7-11)9-19-2/h3-7H,8-9H2,1-2H3,(H,16,17,18). The van der Waals surface area contributed by atoms with E-state index in [9.17, 15) is 0 Å². The Kier molecular flexibility index (Phi) is 4.71. The molecule has 2 aromatic rings. The molecule has 1 aromatic carbocycles. The van der Waals surface area contributed by atoms with E-state index in [0.29, 0.717) is 13.2 Å². The van der Waals surface area contributed by atoms with Crippen molar-refractivity contribution in [2.75, 3.05) is 12.4 Å². The van der Waals surface area contributed by atoms with Crippen LogP contribution in [0.2, 0.25) is 5.28 Å². The number of ether oxygens (including phenoxy) is 1. The van der Waals surface area contributed by atoms with E-state index >= 15 is 0 Å². The molecule has 4 nitrogen and oxygen atoms in total. The van der Waals surface area contributed by atoms with Crippen LogP contribution in [0.25, 0.3) is 0 Å². The number of nitrogens with one attached hydrogen (secondary N) is 1. The first-order chi connectivity index (χ1) is 9.17. The molecule has 1 N–H and O–H groups in total. The molecule has 0 fully saturated rings. The molecule has 100 valence electrons. The summed E-state index contributed by atoms with van der Waals surface area (Å²) in [6, 6.07) is 10.1. The average Bonchev–Trinajstić information content (AvgIpc) is 2.36. The second-order valence-electron chi connectivity index (χ2n) is 4.27. The predicted octanol–water partition coefficient (Wildman–Crippen LogP) is 3.20. The van der Waals surface area contributed by atoms with Crippen LogP contribution < -0.4 is 5.32 Å². The zero-order chi connectivity index (χ0) is 13.7. The van der Waals surface area contributed by atoms with Crippen LogP contribution in [0.3, 0.4) is 0 Å². The Bertz CT molecular complexity index is 540. The molecule has 0 bridgehead atoms. The Morgan fingerprint density at radius 1 is 1.21 bits per heavy atom. The second kappa shape index (κ2) is 6.50. The van der Waals surface area contributed by atoms with Gasteiger partial charge in [0.2, 0.25) is 5.28 Å². The Balaban J connectivity index is 2.03. The summed E-state index contributed by atoms with van der Waals surface area (Å²) in [7, 11) is 1.69. The third-order valence-electron chi connectivity index (χ3n) is 2.60. The molecule has 0 radical (unpaired) electrons. The quantitative estimate of drug-likeness (QED) is 0.853. The van der Waals surface area contributed by atoms with Gasteiger partial charge in [-0.1, -0.05) is 24.3 Å². The van der Waals surface area contributed by atoms with E-state index in [2.05, 4.69) is 27.4 Å². The topological polar surface area (TPSA) is 47.0 Å². The molecule has 0 spiro atoms. The van der Waals surface area contributed by atoms with Crippen LogP contribution in [0.5, 0.6) is 0 Å². The molecule has 0 atom stereocenters. The highest BCUT2D eigenvalue weighted by molar-refractivity contribution is 6.28. The molecule has 0 saturated heterocycles. The van der Waals surface area contributed by atoms with Crippen molar-refractivity contribution in [2.45, 2.75) is 20.1 Å². The van der Waals surface area contributed by atoms with Crippen molar-refractivity contribution in [3.05, 3.63) is 52.4 Å². The summed E-state index contributed by atoms with van der Waals surface area (Å²) in [6.45, 7) is 3.19. The van der Waals surface area contributed by atoms with Crippen LogP contribution in [0.15, 0.2) is 30.3 Å². The van der Waals surface area contributed by atoms with Gasteiger partial charge in [0.15, 0.2) is 0 Å². The minimum absolute atomic E-state index is 0.260. The van der Waals surface area contributed by atoms with Gasteiger partial charge in [-0.05, 0) is 29.7 Å². The third-order valence-corrected chi connectivity index (χ3v) is 2.77. The van der Waals surface area contributed by atoms with Gasteiger partial charge in [0, 0.05) is 25.4 Å². The minimum atomic E-state index is 0.260. The van der Waals surface area contributed by atoms with Crippen molar-refractivity contribution >= 4 is 17.4 Å². The average molecular weight is 278 g/mol. The second-order valence-corrected chi connectivity index (χ2v) is 4.61. The first kappa shape index (κ1) is 13.8. The first-order valence-electron chi connectivity index (χ1n) is 5.99. The number of anilines is 1. The number of methoxy groups -OCH3 is 1. The van der Waals surface area contributed by atoms with Crippen molar-refractivity contribution in [3.8, 4) is 0 Å². The lowest BCUT2D eigenvalue weighted by Crippen LogP contribution is -2.03. The predicted molar refractivity (Wildman–Crippen MR) is 76.3 cm³/mol. The molecule has 0 aliphatic carbocycles. The number of hydrogen-bond acceptors (Lipinski definition) is 4. The number of halogens is 1. The smallest absolute Gasteiger partial charge is 0.224 e. The molecule has 5 heteroatoms. The fourth-order valence-corrected chi connectivity index (χ4v) is 2.04. The lowest BCUT2D eigenvalue weighted by Gasteiger charge is -2.08. The van der Waals surface area contributed by atoms with Crippen LogP contribution >= 0.6 is 11.6 Å². The van der Waals surface area contributed by atoms with Gasteiger partial charge in [-0.2, -0.15) is 0 Å². The molecule has 0 saturated carbocycles. The van der Waals surface area contributed by atoms with Crippen LogP contribution in [0, 0.1) is 6.92 Å². The lowest BCUT2D eigenvalue weighted by atomic mass is 10.1. The van der Waals surface area contributed by atoms with Crippen molar-refractivity contribution < 1.29 is 4.74 Å². The molecule has 0 unspecified atom stereocenters. The van der Waals surface area contributed by atoms with Crippen molar-refractivity contribution in [1.29, 1.82) is 0 Å². The van der Waals surface area contributed by atoms with Gasteiger partial charge in [0.1, 0.15) is 5.82 Å². The number of benzene rings is 1. The van der Waals surface area contributed by atoms with Crippen LogP contribution in [-0.2, 0) is 17.9 Å². The summed E-state index contributed by atoms with van der Waals surface area (Å²) < 4.78 is 5.12. The minimum Gasteiger partial charge on any atom is -0.380 e. The highest BCUT2D eigenvalue weighted by Gasteiger charge is 2.01. The molecule has 2 rings (SSSR count). The van der Waals surface area contributed by atoms with Crippen LogP contribution in [0.1, 0.15) is 16.8 Å². The zero-order valence-electron chi connectivity index (χ0n) is 11.0. The highest BCUT2D eigenvalue weighted by Crippen LogP contribution is 2.12. The van der Waals surface area contributed by atoms with Gasteiger partial charge in [0.05, 0.1) is 6.61 Å². The van der Waals surface area contributed by atoms with E-state index in [4.69, 9.17) is 16.3 Å². The summed E-state index contributed by atoms with van der Waals surface area (Å²) in [5.41, 5.74) is 3.16. The van der Waals surface area contributed by atoms with Crippen molar-refractivity contribution in [3.63, 3.8) is 0 Å². The lowest BCUT2D eigenvalue weighted by molar-refractivity contribution is 0.185. The Hall–Kier alpha value is -1.65. The van der Waals surface area contributed by atoms with Gasteiger partial charge < -0.3 is 10.1 Å². The number of rotatable bonds is 5. The molecular formula is C14H16ClN3O. The third kappa shape index (κ3) is 4.19. The van der Waals surface area contributed by atoms with Crippen molar-refractivity contribution in [2.24, 2.45) is 0 Å². The van der Waals surface area contributed by atoms with E-state index in [-0.39, 0.29) is 5.28 Å². The fourth-order valence-electron chi connectivity index (χ4n) is 1.81. The molecule has 0 aliphatic rings. The monoisotopic (exact) mass is 277 g/mol. The summed E-state index contributed by atoms with van der Waals surface area (Å²) in [6.07, 6.45) is 0. The maximum Gasteiger partial charge on any atom is 0.224 e. The summed E-state index contributed by atoms with van der Waals surface area (Å²) >= 11 is 5.82. The van der Waals surface area contributed by atoms with Crippen LogP contribution in [0.4, 0.5) is 5.82 Å². The van der Waals surface area contributed by atoms with Gasteiger partial charge in [-0.3, -0.25) is 0 Å². The zero-order valence-corrected chi connectivity index (χ0v) is 11.7. The fraction of sp³-hybridized carbons (Fsp3) is 0.286. The SMILES string of the molecule is COCc1cccc(CNc2cc(C)nc(Cl)n2)c1. The first-order valence-corrected chi connectivity index (χ1v) is 6.37. The van der Waals surface area contributed by atoms with Crippen molar-refractivity contribution in [1.82, 2.24) is 9.97 Å². The molecule has 0 amide bonds. The van der Waals surface area contributed by atoms with E-state index in [1.807, 2.05) is 25.1 Å². The van der Waals surface area contributed by atoms with E-state index in [0.717, 1.165) is 17.1 Å². The van der Waals surface area contributed by atoms with Gasteiger partial charge >= 0.3 is 0 Å². The van der Waals surface area contributed by atoms with Crippen LogP contribution in [-0.4, -0.2) is 17.1 Å². The van der Waals surface area contributed by atoms with E-state index in [1.165, 1.54) is 5.56 Å². The number of nitrogens with zero attached hydrogens (tertiary/aromatic N) is 2. The van der Waals surface area contributed by atoms with E-state index < -0.39 is 0 Å². The molecule has 1 heterocycles. The Labute approximate surface area is 117 Å². The maximum atomic E-state index is 5.82. The molecule has 19 heavy (non-hydrogen) atoms. The molecule has 1 aromatic heterocycles. The summed E-state index contributed by atoms with van der Waals surface area (Å²) in [5.74, 6) is 0.731. The largest absolute Gasteiger partial charge is 0.380 e. The number of aromatic nitrogens is 2. The van der Waals surface area contributed by atoms with Gasteiger partial charge in [-0.15, -0.1) is 0 Å². The highest BCUT2D eigenvalue weighted by atomic mass is 35.5. The van der Waals surface area contributed by atoms with Gasteiger partial charge in [0.25, 0.3) is 0 Å². The number of aryl methyl sites for hydroxylation is 1. The molecular weight excluding hydrogens is 262 g/mol. The Morgan fingerprint density at radius 3 is 2.74 bits per heavy atom. The Morgan fingerprint density at radius 2 is 2.00 bits per heavy atom. The number of hydrogen-bond donors (Lipinski definition) is 1. The normalized spacial score (nSPS) is 10.5. The van der Waals surface area contributed by atoms with Gasteiger partial charge in [-0.25, -0.2) is 9.97 Å². The van der Waals surface area contributed by atoms with E-state index in [1.54, 1.807) is 7.11 Å². The summed E-state index contributed by atoms with van der Waals surface area (Å²) in [4.78, 5) is 8.15.